The first-order valence-electron chi connectivity index (χ1n) is 34.3. The number of ether oxygens (including phenoxy) is 1. The number of aliphatic hydroxyl groups is 1. The van der Waals surface area contributed by atoms with Crippen LogP contribution in [0, 0.1) is 22.7 Å². The van der Waals surface area contributed by atoms with Gasteiger partial charge in [-0.1, -0.05) is 139 Å². The molecule has 1 saturated heterocycles. The molecule has 1 aliphatic carbocycles. The molecule has 5 N–H and O–H groups in total. The van der Waals surface area contributed by atoms with E-state index >= 15 is 0 Å². The van der Waals surface area contributed by atoms with E-state index in [0.29, 0.717) is 43.4 Å². The minimum atomic E-state index is -0.508. The summed E-state index contributed by atoms with van der Waals surface area (Å²) >= 11 is 19.5. The maximum atomic E-state index is 12.1. The van der Waals surface area contributed by atoms with Crippen molar-refractivity contribution in [2.45, 2.75) is 117 Å². The Morgan fingerprint density at radius 1 is 0.673 bits per heavy atom. The molecule has 25 nitrogen and oxygen atoms in total. The lowest BCUT2D eigenvalue weighted by atomic mass is 9.75. The number of benzene rings is 5. The first-order chi connectivity index (χ1) is 51.3. The van der Waals surface area contributed by atoms with Crippen LogP contribution in [-0.4, -0.2) is 163 Å². The molecule has 8 aromatic rings. The van der Waals surface area contributed by atoms with Gasteiger partial charge in [0.25, 0.3) is 6.47 Å². The molecule has 33 heteroatoms. The van der Waals surface area contributed by atoms with Crippen LogP contribution in [0.2, 0.25) is 0 Å². The SMILES string of the molecule is CC(C)(C)OC(=O)N1CC=C(B2OC(C)(C)C(C)(C)O2)CC1.CCO.CNN=C(N)c1ccc(Br)cc1.Cl.Cl.Cn1cnc(-c2ccc(Br)cc2)n1.Cn1cnc(-c2ccc(C3=CCCCC3)cc2)n1.Cn1cnc(-c2ccc(C3=CCN(C(=O)CC#N)CC3)cc2)n1.N#Cc1ccc(Br)cc1.O=C(Cl)CCl.O=CO. The van der Waals surface area contributed by atoms with Crippen LogP contribution in [0.25, 0.3) is 45.3 Å². The van der Waals surface area contributed by atoms with Crippen LogP contribution in [-0.2, 0) is 49.6 Å². The molecule has 12 rings (SSSR count). The summed E-state index contributed by atoms with van der Waals surface area (Å²) in [6.07, 6.45) is 17.9. The molecule has 6 heterocycles. The van der Waals surface area contributed by atoms with Gasteiger partial charge in [0.1, 0.15) is 31.0 Å². The number of halogens is 7. The van der Waals surface area contributed by atoms with Gasteiger partial charge in [-0.05, 0) is 182 Å². The first-order valence-corrected chi connectivity index (χ1v) is 37.6. The summed E-state index contributed by atoms with van der Waals surface area (Å²) in [5, 5.41) is 47.6. The first kappa shape index (κ1) is 97.5. The smallest absolute Gasteiger partial charge is 0.483 e. The Hall–Kier alpha value is -8.59. The summed E-state index contributed by atoms with van der Waals surface area (Å²) in [6, 6.07) is 43.5. The van der Waals surface area contributed by atoms with Crippen LogP contribution < -0.4 is 11.2 Å². The van der Waals surface area contributed by atoms with E-state index in [1.165, 1.54) is 42.4 Å². The number of nitriles is 2. The lowest BCUT2D eigenvalue weighted by Gasteiger charge is -2.32. The van der Waals surface area contributed by atoms with Crippen molar-refractivity contribution >= 4 is 144 Å². The Balaban J connectivity index is 0.000000443. The number of amides is 2. The second-order valence-electron chi connectivity index (χ2n) is 25.8. The largest absolute Gasteiger partial charge is 0.490 e. The van der Waals surface area contributed by atoms with Crippen LogP contribution in [0.15, 0.2) is 183 Å². The van der Waals surface area contributed by atoms with E-state index in [4.69, 9.17) is 68.5 Å². The van der Waals surface area contributed by atoms with E-state index < -0.39 is 10.8 Å². The minimum absolute atomic E-state index is 0. The molecule has 0 saturated carbocycles. The maximum Gasteiger partial charge on any atom is 0.490 e. The number of hydrazone groups is 1. The average molecular weight is 1780 g/mol. The van der Waals surface area contributed by atoms with Gasteiger partial charge < -0.3 is 45.2 Å². The monoisotopic (exact) mass is 1780 g/mol. The number of nitrogens with one attached hydrogen (secondary N) is 1. The molecule has 1 fully saturated rings. The zero-order valence-electron chi connectivity index (χ0n) is 63.7. The van der Waals surface area contributed by atoms with Gasteiger partial charge in [0.15, 0.2) is 23.3 Å². The second kappa shape index (κ2) is 50.3. The number of allylic oxidation sites excluding steroid dienone is 2. The van der Waals surface area contributed by atoms with Gasteiger partial charge in [-0.15, -0.1) is 36.4 Å². The van der Waals surface area contributed by atoms with E-state index in [-0.39, 0.29) is 80.5 Å². The van der Waals surface area contributed by atoms with Gasteiger partial charge in [-0.25, -0.2) is 19.7 Å². The quantitative estimate of drug-likeness (QED) is 0.0188. The van der Waals surface area contributed by atoms with Crippen LogP contribution in [0.1, 0.15) is 123 Å². The molecule has 0 bridgehead atoms. The number of aliphatic hydroxyl groups excluding tert-OH is 1. The molecular weight excluding hydrogens is 1690 g/mol. The molecule has 3 aliphatic heterocycles. The molecule has 0 radical (unpaired) electrons. The van der Waals surface area contributed by atoms with E-state index in [1.807, 2.05) is 161 Å². The van der Waals surface area contributed by atoms with Crippen molar-refractivity contribution in [2.75, 3.05) is 45.7 Å². The summed E-state index contributed by atoms with van der Waals surface area (Å²) in [5.74, 6) is 2.56. The fourth-order valence-corrected chi connectivity index (χ4v) is 10.6. The van der Waals surface area contributed by atoms with Gasteiger partial charge in [0, 0.05) is 96.6 Å². The highest BCUT2D eigenvalue weighted by Gasteiger charge is 2.52. The van der Waals surface area contributed by atoms with Crippen LogP contribution in [0.4, 0.5) is 4.79 Å². The third kappa shape index (κ3) is 34.8. The standard InChI is InChI=1S/C17H17N5O.C16H28BNO4.C15H17N3.C9H8BrN3.C8H10BrN3.C7H4BrN.C2H2Cl2O.C2H6O.CH2O2.2ClH/c1-21-12-19-17(20-21)15-4-2-13(3-5-15)14-7-10-22(11-8-14)16(23)6-9-18;1-14(2,3)20-13(19)18-10-8-12(9-11-18)17-21-15(4,5)16(6,7)22-17;1-18-11-16-15(17-18)14-9-7-13(8-10-14)12-5-3-2-4-6-12;1-13-6-11-9(12-13)7-2-4-8(10)5-3-7;1-11-12-8(10)6-2-4-7(9)5-3-6;8-7-3-1-6(5-9)2-4-7;3-1-2(4)5;1-2-3;2-1-3;;/h2-5,7,12H,6,8,10-11H2,1H3;8H,9-11H2,1-7H3;5,7-11H,2-4,6H2,1H3;2-6H,1H3;2-5,11H,1H3,(H2,10,12);1-4H;1H2;3H,2H2,1H3;1H,(H,2,3);2*1H. The summed E-state index contributed by atoms with van der Waals surface area (Å²) < 4.78 is 25.7. The van der Waals surface area contributed by atoms with Crippen LogP contribution in [0.5, 0.6) is 0 Å². The number of carbonyl (C=O) groups is 4. The Morgan fingerprint density at radius 2 is 1.06 bits per heavy atom. The fourth-order valence-electron chi connectivity index (χ4n) is 9.83. The van der Waals surface area contributed by atoms with Gasteiger partial charge in [-0.2, -0.15) is 30.9 Å². The molecule has 5 aromatic carbocycles. The molecule has 0 spiro atoms. The number of alkyl halides is 1. The normalized spacial score (nSPS) is 14.1. The molecule has 3 aromatic heterocycles. The number of carbonyl (C=O) groups excluding carboxylic acids is 3. The Kier molecular flexibility index (Phi) is 44.6. The van der Waals surface area contributed by atoms with E-state index in [9.17, 15) is 14.4 Å². The van der Waals surface area contributed by atoms with Gasteiger partial charge >= 0.3 is 13.2 Å². The predicted molar refractivity (Wildman–Crippen MR) is 450 cm³/mol. The Labute approximate surface area is 692 Å². The Bertz CT molecular complexity index is 4320. The van der Waals surface area contributed by atoms with Crippen molar-refractivity contribution in [3.63, 3.8) is 0 Å². The Morgan fingerprint density at radius 3 is 1.40 bits per heavy atom. The van der Waals surface area contributed by atoms with Gasteiger partial charge in [-0.3, -0.25) is 28.4 Å². The van der Waals surface area contributed by atoms with Crippen molar-refractivity contribution in [1.82, 2.24) is 59.5 Å². The van der Waals surface area contributed by atoms with Crippen molar-refractivity contribution in [2.24, 2.45) is 32.0 Å². The molecule has 0 atom stereocenters. The maximum absolute atomic E-state index is 12.1. The molecule has 590 valence electrons. The van der Waals surface area contributed by atoms with Crippen molar-refractivity contribution < 1.29 is 43.4 Å². The van der Waals surface area contributed by atoms with Crippen LogP contribution in [0.3, 0.4) is 0 Å². The van der Waals surface area contributed by atoms with Gasteiger partial charge in [0.05, 0.1) is 34.8 Å². The average Bonchev–Trinajstić information content (AvgIpc) is 1.62. The number of amidine groups is 1. The van der Waals surface area contributed by atoms with E-state index in [0.717, 1.165) is 71.2 Å². The number of aromatic nitrogens is 9. The zero-order valence-corrected chi connectivity index (χ0v) is 71.6. The summed E-state index contributed by atoms with van der Waals surface area (Å²) in [5.41, 5.74) is 18.1. The lowest BCUT2D eigenvalue weighted by Crippen LogP contribution is -2.41. The van der Waals surface area contributed by atoms with Crippen molar-refractivity contribution in [3.05, 3.63) is 200 Å². The lowest BCUT2D eigenvalue weighted by molar-refractivity contribution is -0.129. The van der Waals surface area contributed by atoms with Crippen molar-refractivity contribution in [3.8, 4) is 46.3 Å². The molecule has 0 unspecified atom stereocenters. The predicted octanol–water partition coefficient (Wildman–Crippen LogP) is 16.0. The van der Waals surface area contributed by atoms with Crippen LogP contribution >= 0.6 is 95.8 Å². The summed E-state index contributed by atoms with van der Waals surface area (Å²) in [7, 11) is 6.99. The topological polar surface area (TPSA) is 333 Å². The molecule has 2 amide bonds. The number of carboxylic acid groups (broad SMARTS) is 1. The molecule has 4 aliphatic rings. The minimum Gasteiger partial charge on any atom is -0.483 e. The second-order valence-corrected chi connectivity index (χ2v) is 29.3. The highest BCUT2D eigenvalue weighted by Crippen LogP contribution is 2.40. The third-order valence-corrected chi connectivity index (χ3v) is 18.0. The fraction of sp³-hybridized carbons (Fsp3) is 0.364. The number of aryl methyl sites for hydroxylation is 3. The van der Waals surface area contributed by atoms with Gasteiger partial charge in [0.2, 0.25) is 11.1 Å². The number of hydrogen-bond donors (Lipinski definition) is 4. The van der Waals surface area contributed by atoms with E-state index in [1.54, 1.807) is 68.9 Å². The number of nitrogens with zero attached hydrogens (tertiary/aromatic N) is 14. The number of nitrogens with two attached hydrogens (primary N) is 1. The highest BCUT2D eigenvalue weighted by atomic mass is 79.9. The summed E-state index contributed by atoms with van der Waals surface area (Å²) in [6.45, 7) is 17.9. The summed E-state index contributed by atoms with van der Waals surface area (Å²) in [4.78, 5) is 57.7. The highest BCUT2D eigenvalue weighted by molar-refractivity contribution is 9.11. The molecular formula is C77H96BBr3Cl4N16O9. The molecule has 110 heavy (non-hydrogen) atoms. The number of hydrogen-bond acceptors (Lipinski definition) is 18. The zero-order chi connectivity index (χ0) is 80.0. The third-order valence-electron chi connectivity index (χ3n) is 15.9. The van der Waals surface area contributed by atoms with E-state index in [2.05, 4.69) is 137 Å². The van der Waals surface area contributed by atoms with Crippen molar-refractivity contribution in [1.29, 1.82) is 10.5 Å². The number of rotatable bonds is 10.